The fourth-order valence-electron chi connectivity index (χ4n) is 1.16. The van der Waals surface area contributed by atoms with Gasteiger partial charge in [-0.2, -0.15) is 0 Å². The van der Waals surface area contributed by atoms with Crippen molar-refractivity contribution >= 4 is 34.8 Å². The molecule has 14 heavy (non-hydrogen) atoms. The molecule has 0 aromatic heterocycles. The number of halogens is 3. The van der Waals surface area contributed by atoms with Crippen molar-refractivity contribution < 1.29 is 5.11 Å². The van der Waals surface area contributed by atoms with Gasteiger partial charge in [-0.15, -0.1) is 11.6 Å². The van der Waals surface area contributed by atoms with Crippen molar-refractivity contribution in [2.75, 3.05) is 5.88 Å². The van der Waals surface area contributed by atoms with Gasteiger partial charge < -0.3 is 5.11 Å². The predicted octanol–water partition coefficient (Wildman–Crippen LogP) is 3.90. The smallest absolute Gasteiger partial charge is 0.0827 e. The molecular weight excluding hydrogens is 242 g/mol. The third-order valence-electron chi connectivity index (χ3n) is 2.01. The molecule has 0 saturated carbocycles. The lowest BCUT2D eigenvalue weighted by Crippen LogP contribution is -2.10. The van der Waals surface area contributed by atoms with Gasteiger partial charge in [-0.1, -0.05) is 30.1 Å². The van der Waals surface area contributed by atoms with E-state index < -0.39 is 6.10 Å². The molecule has 0 aliphatic carbocycles. The number of aliphatic hydroxyl groups is 1. The first kappa shape index (κ1) is 12.1. The molecule has 0 bridgehead atoms. The number of benzene rings is 1. The molecule has 78 valence electrons. The first-order chi connectivity index (χ1) is 6.54. The van der Waals surface area contributed by atoms with E-state index >= 15 is 0 Å². The maximum absolute atomic E-state index is 9.84. The van der Waals surface area contributed by atoms with Gasteiger partial charge in [0.05, 0.1) is 6.10 Å². The largest absolute Gasteiger partial charge is 0.388 e. The van der Waals surface area contributed by atoms with Gasteiger partial charge in [-0.25, -0.2) is 0 Å². The van der Waals surface area contributed by atoms with Crippen molar-refractivity contribution in [3.05, 3.63) is 33.8 Å². The highest BCUT2D eigenvalue weighted by atomic mass is 35.5. The Bertz CT molecular complexity index is 294. The minimum atomic E-state index is -0.622. The predicted molar refractivity (Wildman–Crippen MR) is 61.3 cm³/mol. The first-order valence-corrected chi connectivity index (χ1v) is 5.53. The molecule has 1 aromatic rings. The average Bonchev–Trinajstić information content (AvgIpc) is 2.14. The Kier molecular flexibility index (Phi) is 4.52. The van der Waals surface area contributed by atoms with Crippen LogP contribution in [-0.2, 0) is 0 Å². The van der Waals surface area contributed by atoms with E-state index in [-0.39, 0.29) is 5.92 Å². The number of aliphatic hydroxyl groups excluding tert-OH is 1. The van der Waals surface area contributed by atoms with Crippen LogP contribution in [0, 0.1) is 5.92 Å². The van der Waals surface area contributed by atoms with Crippen LogP contribution in [0.4, 0.5) is 0 Å². The van der Waals surface area contributed by atoms with Crippen LogP contribution in [0.25, 0.3) is 0 Å². The van der Waals surface area contributed by atoms with Crippen LogP contribution in [0.1, 0.15) is 18.6 Å². The Morgan fingerprint density at radius 3 is 2.14 bits per heavy atom. The molecular formula is C10H11Cl3O. The second-order valence-corrected chi connectivity index (χ2v) is 4.46. The summed E-state index contributed by atoms with van der Waals surface area (Å²) < 4.78 is 0. The lowest BCUT2D eigenvalue weighted by Gasteiger charge is -2.17. The monoisotopic (exact) mass is 252 g/mol. The van der Waals surface area contributed by atoms with Crippen LogP contribution in [-0.4, -0.2) is 11.0 Å². The number of hydrogen-bond donors (Lipinski definition) is 1. The molecule has 0 aliphatic rings. The Morgan fingerprint density at radius 2 is 1.71 bits per heavy atom. The van der Waals surface area contributed by atoms with Gasteiger partial charge in [-0.05, 0) is 29.7 Å². The lowest BCUT2D eigenvalue weighted by atomic mass is 9.99. The lowest BCUT2D eigenvalue weighted by molar-refractivity contribution is 0.128. The molecule has 0 amide bonds. The maximum atomic E-state index is 9.84. The van der Waals surface area contributed by atoms with E-state index in [1.54, 1.807) is 18.2 Å². The number of alkyl halides is 1. The molecule has 0 heterocycles. The normalized spacial score (nSPS) is 15.2. The van der Waals surface area contributed by atoms with Gasteiger partial charge in [0.1, 0.15) is 0 Å². The highest BCUT2D eigenvalue weighted by Crippen LogP contribution is 2.28. The Morgan fingerprint density at radius 1 is 1.21 bits per heavy atom. The summed E-state index contributed by atoms with van der Waals surface area (Å²) in [7, 11) is 0. The Hall–Kier alpha value is 0.0500. The maximum Gasteiger partial charge on any atom is 0.0827 e. The van der Waals surface area contributed by atoms with Crippen molar-refractivity contribution in [2.24, 2.45) is 5.92 Å². The molecule has 2 unspecified atom stereocenters. The van der Waals surface area contributed by atoms with Crippen LogP contribution in [0.15, 0.2) is 18.2 Å². The molecule has 1 N–H and O–H groups in total. The number of rotatable bonds is 3. The summed E-state index contributed by atoms with van der Waals surface area (Å²) in [6, 6.07) is 5.02. The van der Waals surface area contributed by atoms with E-state index in [1.165, 1.54) is 0 Å². The van der Waals surface area contributed by atoms with Crippen LogP contribution < -0.4 is 0 Å². The van der Waals surface area contributed by atoms with Gasteiger partial charge in [0.25, 0.3) is 0 Å². The van der Waals surface area contributed by atoms with E-state index in [4.69, 9.17) is 34.8 Å². The molecule has 1 aromatic carbocycles. The van der Waals surface area contributed by atoms with Crippen molar-refractivity contribution in [1.82, 2.24) is 0 Å². The zero-order valence-corrected chi connectivity index (χ0v) is 9.94. The molecule has 4 heteroatoms. The first-order valence-electron chi connectivity index (χ1n) is 4.24. The fraction of sp³-hybridized carbons (Fsp3) is 0.400. The quantitative estimate of drug-likeness (QED) is 0.810. The van der Waals surface area contributed by atoms with E-state index in [2.05, 4.69) is 0 Å². The third kappa shape index (κ3) is 3.03. The fourth-order valence-corrected chi connectivity index (χ4v) is 1.87. The average molecular weight is 254 g/mol. The van der Waals surface area contributed by atoms with Gasteiger partial charge in [0.2, 0.25) is 0 Å². The van der Waals surface area contributed by atoms with Crippen LogP contribution in [0.5, 0.6) is 0 Å². The van der Waals surface area contributed by atoms with Crippen molar-refractivity contribution in [3.8, 4) is 0 Å². The van der Waals surface area contributed by atoms with Gasteiger partial charge in [0, 0.05) is 15.9 Å². The summed E-state index contributed by atoms with van der Waals surface area (Å²) in [5, 5.41) is 10.9. The van der Waals surface area contributed by atoms with Crippen molar-refractivity contribution in [2.45, 2.75) is 13.0 Å². The summed E-state index contributed by atoms with van der Waals surface area (Å²) in [5.41, 5.74) is 0.704. The standard InChI is InChI=1S/C10H11Cl3O/c1-6(5-11)10(14)7-2-8(12)4-9(13)3-7/h2-4,6,10,14H,5H2,1H3. The molecule has 1 nitrogen and oxygen atoms in total. The minimum absolute atomic E-state index is 0.0220. The van der Waals surface area contributed by atoms with Crippen molar-refractivity contribution in [3.63, 3.8) is 0 Å². The van der Waals surface area contributed by atoms with Crippen LogP contribution >= 0.6 is 34.8 Å². The molecule has 2 atom stereocenters. The van der Waals surface area contributed by atoms with E-state index in [1.807, 2.05) is 6.92 Å². The molecule has 0 fully saturated rings. The molecule has 0 spiro atoms. The van der Waals surface area contributed by atoms with Crippen molar-refractivity contribution in [1.29, 1.82) is 0 Å². The van der Waals surface area contributed by atoms with E-state index in [0.717, 1.165) is 0 Å². The van der Waals surface area contributed by atoms with E-state index in [0.29, 0.717) is 21.5 Å². The summed E-state index contributed by atoms with van der Waals surface area (Å²) in [6.07, 6.45) is -0.622. The highest BCUT2D eigenvalue weighted by Gasteiger charge is 2.16. The SMILES string of the molecule is CC(CCl)C(O)c1cc(Cl)cc(Cl)c1. The van der Waals surface area contributed by atoms with Gasteiger partial charge in [0.15, 0.2) is 0 Å². The molecule has 0 saturated heterocycles. The zero-order valence-electron chi connectivity index (χ0n) is 7.67. The Balaban J connectivity index is 2.94. The number of hydrogen-bond acceptors (Lipinski definition) is 1. The minimum Gasteiger partial charge on any atom is -0.388 e. The van der Waals surface area contributed by atoms with Crippen LogP contribution in [0.2, 0.25) is 10.0 Å². The Labute approximate surface area is 98.6 Å². The van der Waals surface area contributed by atoms with Gasteiger partial charge in [-0.3, -0.25) is 0 Å². The topological polar surface area (TPSA) is 20.2 Å². The summed E-state index contributed by atoms with van der Waals surface area (Å²) in [4.78, 5) is 0. The molecule has 0 aliphatic heterocycles. The summed E-state index contributed by atoms with van der Waals surface area (Å²) in [6.45, 7) is 1.87. The van der Waals surface area contributed by atoms with E-state index in [9.17, 15) is 5.11 Å². The second-order valence-electron chi connectivity index (χ2n) is 3.28. The highest BCUT2D eigenvalue weighted by molar-refractivity contribution is 6.34. The van der Waals surface area contributed by atoms with Crippen LogP contribution in [0.3, 0.4) is 0 Å². The molecule has 0 radical (unpaired) electrons. The second kappa shape index (κ2) is 5.22. The summed E-state index contributed by atoms with van der Waals surface area (Å²) in [5.74, 6) is 0.372. The summed E-state index contributed by atoms with van der Waals surface area (Å²) >= 11 is 17.3. The third-order valence-corrected chi connectivity index (χ3v) is 2.93. The van der Waals surface area contributed by atoms with Gasteiger partial charge >= 0.3 is 0 Å². The zero-order chi connectivity index (χ0) is 10.7. The molecule has 1 rings (SSSR count).